The molecule has 1 N–H and O–H groups in total. The van der Waals surface area contributed by atoms with E-state index in [1.807, 2.05) is 25.2 Å². The Hall–Kier alpha value is -0.710. The molecule has 1 aromatic carbocycles. The summed E-state index contributed by atoms with van der Waals surface area (Å²) in [6.07, 6.45) is 0. The minimum Gasteiger partial charge on any atom is -0.311 e. The van der Waals surface area contributed by atoms with Gasteiger partial charge in [-0.3, -0.25) is 0 Å². The van der Waals surface area contributed by atoms with Crippen molar-refractivity contribution < 1.29 is 0 Å². The summed E-state index contributed by atoms with van der Waals surface area (Å²) in [5, 5.41) is 6.42. The van der Waals surface area contributed by atoms with E-state index in [1.54, 1.807) is 11.3 Å². The molecule has 0 aliphatic carbocycles. The second-order valence-corrected chi connectivity index (χ2v) is 5.31. The lowest BCUT2D eigenvalue weighted by atomic mass is 10.2. The number of hydrogen-bond acceptors (Lipinski definition) is 3. The van der Waals surface area contributed by atoms with Crippen LogP contribution >= 0.6 is 27.3 Å². The molecule has 84 valence electrons. The highest BCUT2D eigenvalue weighted by atomic mass is 79.9. The molecule has 1 aromatic heterocycles. The molecular weight excluding hydrogens is 284 g/mol. The standard InChI is InChI=1S/C12H13BrN2S/c1-8(14-2)12-15-11(7-16-12)9-5-3-4-6-10(9)13/h3-8,14H,1-2H3. The summed E-state index contributed by atoms with van der Waals surface area (Å²) in [5.41, 5.74) is 2.18. The van der Waals surface area contributed by atoms with Gasteiger partial charge in [-0.25, -0.2) is 4.98 Å². The van der Waals surface area contributed by atoms with Crippen LogP contribution in [0.4, 0.5) is 0 Å². The van der Waals surface area contributed by atoms with E-state index in [2.05, 4.69) is 44.6 Å². The molecular formula is C12H13BrN2S. The molecule has 0 saturated carbocycles. The fourth-order valence-electron chi connectivity index (χ4n) is 1.40. The Bertz CT molecular complexity index is 481. The van der Waals surface area contributed by atoms with Crippen molar-refractivity contribution >= 4 is 27.3 Å². The summed E-state index contributed by atoms with van der Waals surface area (Å²) in [4.78, 5) is 4.64. The van der Waals surface area contributed by atoms with E-state index in [9.17, 15) is 0 Å². The fourth-order valence-corrected chi connectivity index (χ4v) is 2.78. The molecule has 1 atom stereocenters. The Morgan fingerprint density at radius 1 is 1.38 bits per heavy atom. The van der Waals surface area contributed by atoms with Crippen molar-refractivity contribution in [1.82, 2.24) is 10.3 Å². The maximum Gasteiger partial charge on any atom is 0.110 e. The number of nitrogens with zero attached hydrogens (tertiary/aromatic N) is 1. The molecule has 0 bridgehead atoms. The maximum absolute atomic E-state index is 4.64. The predicted octanol–water partition coefficient (Wildman–Crippen LogP) is 3.85. The zero-order valence-electron chi connectivity index (χ0n) is 9.20. The van der Waals surface area contributed by atoms with E-state index in [0.29, 0.717) is 6.04 Å². The van der Waals surface area contributed by atoms with Gasteiger partial charge in [0, 0.05) is 15.4 Å². The molecule has 0 fully saturated rings. The number of hydrogen-bond donors (Lipinski definition) is 1. The lowest BCUT2D eigenvalue weighted by Gasteiger charge is -2.04. The Morgan fingerprint density at radius 2 is 2.12 bits per heavy atom. The first kappa shape index (κ1) is 11.8. The highest BCUT2D eigenvalue weighted by molar-refractivity contribution is 9.10. The quantitative estimate of drug-likeness (QED) is 0.930. The van der Waals surface area contributed by atoms with Gasteiger partial charge in [0.15, 0.2) is 0 Å². The van der Waals surface area contributed by atoms with Crippen molar-refractivity contribution in [3.63, 3.8) is 0 Å². The van der Waals surface area contributed by atoms with Crippen LogP contribution in [0.1, 0.15) is 18.0 Å². The van der Waals surface area contributed by atoms with E-state index < -0.39 is 0 Å². The number of thiazole rings is 1. The van der Waals surface area contributed by atoms with Crippen LogP contribution < -0.4 is 5.32 Å². The summed E-state index contributed by atoms with van der Waals surface area (Å²) in [5.74, 6) is 0. The van der Waals surface area contributed by atoms with E-state index in [0.717, 1.165) is 20.7 Å². The number of aromatic nitrogens is 1. The van der Waals surface area contributed by atoms with Crippen molar-refractivity contribution in [2.75, 3.05) is 7.05 Å². The molecule has 0 aliphatic rings. The molecule has 2 rings (SSSR count). The van der Waals surface area contributed by atoms with Crippen molar-refractivity contribution in [1.29, 1.82) is 0 Å². The minimum absolute atomic E-state index is 0.307. The third-order valence-electron chi connectivity index (χ3n) is 2.48. The first-order valence-corrected chi connectivity index (χ1v) is 6.77. The summed E-state index contributed by atoms with van der Waals surface area (Å²) >= 11 is 5.24. The first-order chi connectivity index (χ1) is 7.72. The topological polar surface area (TPSA) is 24.9 Å². The van der Waals surface area contributed by atoms with Crippen molar-refractivity contribution in [2.45, 2.75) is 13.0 Å². The molecule has 4 heteroatoms. The second-order valence-electron chi connectivity index (χ2n) is 3.56. The summed E-state index contributed by atoms with van der Waals surface area (Å²) in [6.45, 7) is 2.11. The van der Waals surface area contributed by atoms with Crippen LogP contribution in [0.3, 0.4) is 0 Å². The van der Waals surface area contributed by atoms with Gasteiger partial charge in [0.05, 0.1) is 11.7 Å². The average molecular weight is 297 g/mol. The lowest BCUT2D eigenvalue weighted by Crippen LogP contribution is -2.11. The van der Waals surface area contributed by atoms with Gasteiger partial charge >= 0.3 is 0 Å². The number of nitrogens with one attached hydrogen (secondary N) is 1. The van der Waals surface area contributed by atoms with E-state index in [-0.39, 0.29) is 0 Å². The summed E-state index contributed by atoms with van der Waals surface area (Å²) < 4.78 is 1.09. The van der Waals surface area contributed by atoms with Gasteiger partial charge in [0.2, 0.25) is 0 Å². The molecule has 0 saturated heterocycles. The van der Waals surface area contributed by atoms with Crippen LogP contribution in [0.25, 0.3) is 11.3 Å². The number of rotatable bonds is 3. The smallest absolute Gasteiger partial charge is 0.110 e. The third kappa shape index (κ3) is 2.34. The van der Waals surface area contributed by atoms with Gasteiger partial charge in [0.1, 0.15) is 5.01 Å². The summed E-state index contributed by atoms with van der Waals surface area (Å²) in [7, 11) is 1.95. The molecule has 0 radical (unpaired) electrons. The van der Waals surface area contributed by atoms with Crippen LogP contribution in [0, 0.1) is 0 Å². The van der Waals surface area contributed by atoms with Crippen LogP contribution in [-0.2, 0) is 0 Å². The minimum atomic E-state index is 0.307. The van der Waals surface area contributed by atoms with Crippen molar-refractivity contribution in [3.05, 3.63) is 39.1 Å². The average Bonchev–Trinajstić information content (AvgIpc) is 2.78. The van der Waals surface area contributed by atoms with Gasteiger partial charge in [-0.1, -0.05) is 34.1 Å². The largest absolute Gasteiger partial charge is 0.311 e. The Kier molecular flexibility index (Phi) is 3.74. The van der Waals surface area contributed by atoms with Crippen LogP contribution in [0.5, 0.6) is 0 Å². The van der Waals surface area contributed by atoms with Gasteiger partial charge in [-0.2, -0.15) is 0 Å². The molecule has 16 heavy (non-hydrogen) atoms. The normalized spacial score (nSPS) is 12.7. The summed E-state index contributed by atoms with van der Waals surface area (Å²) in [6, 6.07) is 8.46. The SMILES string of the molecule is CNC(C)c1nc(-c2ccccc2Br)cs1. The Morgan fingerprint density at radius 3 is 2.81 bits per heavy atom. The van der Waals surface area contributed by atoms with Gasteiger partial charge < -0.3 is 5.32 Å². The van der Waals surface area contributed by atoms with Crippen LogP contribution in [-0.4, -0.2) is 12.0 Å². The van der Waals surface area contributed by atoms with Gasteiger partial charge in [0.25, 0.3) is 0 Å². The maximum atomic E-state index is 4.64. The van der Waals surface area contributed by atoms with Gasteiger partial charge in [-0.15, -0.1) is 11.3 Å². The predicted molar refractivity (Wildman–Crippen MR) is 72.7 cm³/mol. The van der Waals surface area contributed by atoms with E-state index >= 15 is 0 Å². The highest BCUT2D eigenvalue weighted by Crippen LogP contribution is 2.30. The van der Waals surface area contributed by atoms with E-state index in [4.69, 9.17) is 0 Å². The monoisotopic (exact) mass is 296 g/mol. The molecule has 1 unspecified atom stereocenters. The third-order valence-corrected chi connectivity index (χ3v) is 4.19. The second kappa shape index (κ2) is 5.08. The zero-order chi connectivity index (χ0) is 11.5. The van der Waals surface area contributed by atoms with Crippen LogP contribution in [0.15, 0.2) is 34.1 Å². The van der Waals surface area contributed by atoms with Gasteiger partial charge in [-0.05, 0) is 20.0 Å². The van der Waals surface area contributed by atoms with Crippen molar-refractivity contribution in [3.8, 4) is 11.3 Å². The molecule has 1 heterocycles. The van der Waals surface area contributed by atoms with E-state index in [1.165, 1.54) is 0 Å². The molecule has 2 aromatic rings. The van der Waals surface area contributed by atoms with Crippen molar-refractivity contribution in [2.24, 2.45) is 0 Å². The lowest BCUT2D eigenvalue weighted by molar-refractivity contribution is 0.648. The first-order valence-electron chi connectivity index (χ1n) is 5.10. The number of halogens is 1. The van der Waals surface area contributed by atoms with Crippen LogP contribution in [0.2, 0.25) is 0 Å². The highest BCUT2D eigenvalue weighted by Gasteiger charge is 2.10. The molecule has 0 amide bonds. The Balaban J connectivity index is 2.35. The zero-order valence-corrected chi connectivity index (χ0v) is 11.6. The molecule has 0 spiro atoms. The fraction of sp³-hybridized carbons (Fsp3) is 0.250. The number of benzene rings is 1. The Labute approximate surface area is 108 Å². The molecule has 2 nitrogen and oxygen atoms in total. The molecule has 0 aliphatic heterocycles.